The fourth-order valence-electron chi connectivity index (χ4n) is 3.49. The van der Waals surface area contributed by atoms with Crippen LogP contribution < -0.4 is 24.3 Å². The van der Waals surface area contributed by atoms with Gasteiger partial charge in [-0.1, -0.05) is 6.07 Å². The van der Waals surface area contributed by atoms with Crippen LogP contribution in [0.25, 0.3) is 0 Å². The topological polar surface area (TPSA) is 97.0 Å². The van der Waals surface area contributed by atoms with Gasteiger partial charge in [-0.2, -0.15) is 5.10 Å². The molecule has 0 atom stereocenters. The van der Waals surface area contributed by atoms with E-state index in [2.05, 4.69) is 10.4 Å². The Morgan fingerprint density at radius 1 is 0.944 bits per heavy atom. The van der Waals surface area contributed by atoms with Crippen molar-refractivity contribution in [2.45, 2.75) is 27.0 Å². The first-order valence-electron chi connectivity index (χ1n) is 11.7. The Balaban J connectivity index is 1.32. The molecule has 2 aromatic carbocycles. The van der Waals surface area contributed by atoms with E-state index >= 15 is 0 Å². The van der Waals surface area contributed by atoms with Crippen LogP contribution in [0.3, 0.4) is 0 Å². The van der Waals surface area contributed by atoms with E-state index in [4.69, 9.17) is 23.4 Å². The number of carbonyl (C=O) groups excluding carboxylic acids is 1. The average molecular weight is 492 g/mol. The number of carbonyl (C=O) groups is 1. The van der Waals surface area contributed by atoms with E-state index in [1.54, 1.807) is 48.5 Å². The lowest BCUT2D eigenvalue weighted by Crippen LogP contribution is -2.10. The summed E-state index contributed by atoms with van der Waals surface area (Å²) < 4.78 is 29.5. The number of aromatic nitrogens is 2. The number of methoxy groups -OCH3 is 1. The molecule has 0 spiro atoms. The van der Waals surface area contributed by atoms with Crippen molar-refractivity contribution in [3.8, 4) is 23.0 Å². The molecule has 4 aromatic rings. The monoisotopic (exact) mass is 491 g/mol. The molecule has 0 unspecified atom stereocenters. The molecule has 188 valence electrons. The molecule has 1 N–H and O–H groups in total. The zero-order valence-electron chi connectivity index (χ0n) is 20.5. The number of anilines is 1. The lowest BCUT2D eigenvalue weighted by molar-refractivity contribution is 0.0992. The lowest BCUT2D eigenvalue weighted by atomic mass is 10.2. The van der Waals surface area contributed by atoms with Gasteiger partial charge in [0.1, 0.15) is 23.9 Å². The van der Waals surface area contributed by atoms with Gasteiger partial charge in [0, 0.05) is 6.20 Å². The number of nitrogens with one attached hydrogen (secondary N) is 1. The Morgan fingerprint density at radius 3 is 2.44 bits per heavy atom. The van der Waals surface area contributed by atoms with Gasteiger partial charge in [0.05, 0.1) is 38.8 Å². The van der Waals surface area contributed by atoms with Crippen LogP contribution in [0.5, 0.6) is 23.0 Å². The second-order valence-electron chi connectivity index (χ2n) is 7.76. The van der Waals surface area contributed by atoms with Crippen LogP contribution >= 0.6 is 0 Å². The van der Waals surface area contributed by atoms with Crippen molar-refractivity contribution in [3.05, 3.63) is 84.1 Å². The van der Waals surface area contributed by atoms with Gasteiger partial charge < -0.3 is 28.7 Å². The first-order valence-corrected chi connectivity index (χ1v) is 11.7. The molecule has 0 fully saturated rings. The van der Waals surface area contributed by atoms with Gasteiger partial charge in [0.15, 0.2) is 17.3 Å². The normalized spacial score (nSPS) is 10.6. The fraction of sp³-hybridized carbons (Fsp3) is 0.259. The van der Waals surface area contributed by atoms with E-state index in [0.717, 1.165) is 11.3 Å². The number of amides is 1. The van der Waals surface area contributed by atoms with Gasteiger partial charge in [-0.3, -0.25) is 9.48 Å². The third-order valence-electron chi connectivity index (χ3n) is 5.17. The predicted octanol–water partition coefficient (Wildman–Crippen LogP) is 5.16. The molecule has 0 bridgehead atoms. The second-order valence-corrected chi connectivity index (χ2v) is 7.76. The number of furan rings is 1. The standard InChI is InChI=1S/C27H29N3O6/c1-4-33-24-12-6-19(14-26(24)34-5-2)16-30-17-20(15-28-30)29-27(31)25-13-11-23(36-25)18-35-22-9-7-21(32-3)8-10-22/h6-15,17H,4-5,16,18H2,1-3H3,(H,29,31). The molecule has 0 aliphatic carbocycles. The van der Waals surface area contributed by atoms with E-state index in [9.17, 15) is 4.79 Å². The molecule has 0 saturated heterocycles. The maximum Gasteiger partial charge on any atom is 0.291 e. The van der Waals surface area contributed by atoms with Crippen molar-refractivity contribution < 1.29 is 28.2 Å². The molecule has 36 heavy (non-hydrogen) atoms. The van der Waals surface area contributed by atoms with Gasteiger partial charge >= 0.3 is 0 Å². The van der Waals surface area contributed by atoms with E-state index in [0.29, 0.717) is 48.5 Å². The third-order valence-corrected chi connectivity index (χ3v) is 5.17. The van der Waals surface area contributed by atoms with Crippen LogP contribution in [0.4, 0.5) is 5.69 Å². The Hall–Kier alpha value is -4.40. The molecule has 0 saturated carbocycles. The minimum atomic E-state index is -0.370. The number of benzene rings is 2. The molecule has 0 aliphatic heterocycles. The zero-order chi connectivity index (χ0) is 25.3. The smallest absolute Gasteiger partial charge is 0.291 e. The first-order chi connectivity index (χ1) is 17.6. The fourth-order valence-corrected chi connectivity index (χ4v) is 3.49. The summed E-state index contributed by atoms with van der Waals surface area (Å²) in [6.45, 7) is 5.68. The first kappa shape index (κ1) is 24.7. The Morgan fingerprint density at radius 2 is 1.69 bits per heavy atom. The molecule has 1 amide bonds. The maximum absolute atomic E-state index is 12.6. The molecule has 2 aromatic heterocycles. The van der Waals surface area contributed by atoms with Crippen molar-refractivity contribution in [2.24, 2.45) is 0 Å². The molecule has 9 heteroatoms. The van der Waals surface area contributed by atoms with Crippen LogP contribution in [0.1, 0.15) is 35.7 Å². The van der Waals surface area contributed by atoms with Crippen LogP contribution in [0, 0.1) is 0 Å². The van der Waals surface area contributed by atoms with Crippen LogP contribution in [0.2, 0.25) is 0 Å². The highest BCUT2D eigenvalue weighted by Gasteiger charge is 2.14. The number of hydrogen-bond donors (Lipinski definition) is 1. The lowest BCUT2D eigenvalue weighted by Gasteiger charge is -2.12. The summed E-state index contributed by atoms with van der Waals surface area (Å²) in [6, 6.07) is 16.3. The van der Waals surface area contributed by atoms with Gasteiger partial charge in [-0.05, 0) is 67.9 Å². The minimum Gasteiger partial charge on any atom is -0.497 e. The van der Waals surface area contributed by atoms with E-state index in [-0.39, 0.29) is 18.3 Å². The quantitative estimate of drug-likeness (QED) is 0.292. The zero-order valence-corrected chi connectivity index (χ0v) is 20.5. The SMILES string of the molecule is CCOc1ccc(Cn2cc(NC(=O)c3ccc(COc4ccc(OC)cc4)o3)cn2)cc1OCC. The van der Waals surface area contributed by atoms with Crippen LogP contribution in [-0.2, 0) is 13.2 Å². The van der Waals surface area contributed by atoms with Crippen molar-refractivity contribution in [1.29, 1.82) is 0 Å². The number of ether oxygens (including phenoxy) is 4. The summed E-state index contributed by atoms with van der Waals surface area (Å²) in [7, 11) is 1.61. The summed E-state index contributed by atoms with van der Waals surface area (Å²) in [6.07, 6.45) is 3.35. The highest BCUT2D eigenvalue weighted by atomic mass is 16.5. The van der Waals surface area contributed by atoms with Crippen molar-refractivity contribution in [1.82, 2.24) is 9.78 Å². The van der Waals surface area contributed by atoms with Crippen molar-refractivity contribution in [2.75, 3.05) is 25.6 Å². The Bertz CT molecular complexity index is 1280. The molecular formula is C27H29N3O6. The molecule has 0 radical (unpaired) electrons. The van der Waals surface area contributed by atoms with Crippen molar-refractivity contribution in [3.63, 3.8) is 0 Å². The largest absolute Gasteiger partial charge is 0.497 e. The van der Waals surface area contributed by atoms with E-state index in [1.807, 2.05) is 44.2 Å². The van der Waals surface area contributed by atoms with Gasteiger partial charge in [-0.15, -0.1) is 0 Å². The minimum absolute atomic E-state index is 0.184. The number of nitrogens with zero attached hydrogens (tertiary/aromatic N) is 2. The van der Waals surface area contributed by atoms with E-state index in [1.165, 1.54) is 0 Å². The number of hydrogen-bond acceptors (Lipinski definition) is 7. The summed E-state index contributed by atoms with van der Waals surface area (Å²) in [5.74, 6) is 3.18. The Kier molecular flexibility index (Phi) is 8.12. The van der Waals surface area contributed by atoms with E-state index < -0.39 is 0 Å². The third kappa shape index (κ3) is 6.38. The summed E-state index contributed by atoms with van der Waals surface area (Å²) >= 11 is 0. The Labute approximate surface area is 209 Å². The number of rotatable bonds is 12. The van der Waals surface area contributed by atoms with Crippen LogP contribution in [-0.4, -0.2) is 36.0 Å². The summed E-state index contributed by atoms with van der Waals surface area (Å²) in [5, 5.41) is 7.15. The summed E-state index contributed by atoms with van der Waals surface area (Å²) in [4.78, 5) is 12.6. The predicted molar refractivity (Wildman–Crippen MR) is 134 cm³/mol. The molecule has 0 aliphatic rings. The van der Waals surface area contributed by atoms with Crippen molar-refractivity contribution >= 4 is 11.6 Å². The van der Waals surface area contributed by atoms with Gasteiger partial charge in [0.2, 0.25) is 0 Å². The second kappa shape index (κ2) is 11.8. The maximum atomic E-state index is 12.6. The molecule has 2 heterocycles. The van der Waals surface area contributed by atoms with Crippen LogP contribution in [0.15, 0.2) is 71.4 Å². The highest BCUT2D eigenvalue weighted by molar-refractivity contribution is 6.02. The highest BCUT2D eigenvalue weighted by Crippen LogP contribution is 2.29. The molecular weight excluding hydrogens is 462 g/mol. The summed E-state index contributed by atoms with van der Waals surface area (Å²) in [5.41, 5.74) is 1.55. The molecule has 9 nitrogen and oxygen atoms in total. The molecule has 4 rings (SSSR count). The average Bonchev–Trinajstić information content (AvgIpc) is 3.54. The van der Waals surface area contributed by atoms with Gasteiger partial charge in [0.25, 0.3) is 5.91 Å². The van der Waals surface area contributed by atoms with Gasteiger partial charge in [-0.25, -0.2) is 0 Å².